The Morgan fingerprint density at radius 1 is 1.17 bits per heavy atom. The van der Waals surface area contributed by atoms with Crippen molar-refractivity contribution in [3.63, 3.8) is 0 Å². The normalized spacial score (nSPS) is 30.5. The number of aromatic nitrogens is 2. The highest BCUT2D eigenvalue weighted by atomic mass is 32.2. The number of rotatable bonds is 5. The fourth-order valence-corrected chi connectivity index (χ4v) is 8.45. The number of hydrogen-bond acceptors (Lipinski definition) is 6. The fourth-order valence-electron chi connectivity index (χ4n) is 7.80. The summed E-state index contributed by atoms with van der Waals surface area (Å²) in [5.41, 5.74) is 8.50. The molecule has 4 saturated carbocycles. The summed E-state index contributed by atoms with van der Waals surface area (Å²) in [5, 5.41) is 7.88. The van der Waals surface area contributed by atoms with Crippen LogP contribution in [0, 0.1) is 30.1 Å². The van der Waals surface area contributed by atoms with E-state index in [2.05, 4.69) is 15.3 Å². The van der Waals surface area contributed by atoms with Crippen molar-refractivity contribution in [2.45, 2.75) is 56.4 Å². The number of aryl methyl sites for hydroxylation is 1. The lowest BCUT2D eigenvalue weighted by molar-refractivity contribution is -0.145. The van der Waals surface area contributed by atoms with Gasteiger partial charge in [0.05, 0.1) is 4.90 Å². The summed E-state index contributed by atoms with van der Waals surface area (Å²) < 4.78 is 26.0. The first-order chi connectivity index (χ1) is 17.0. The maximum atomic E-state index is 13.5. The van der Waals surface area contributed by atoms with Crippen molar-refractivity contribution in [3.05, 3.63) is 35.0 Å². The Kier molecular flexibility index (Phi) is 5.10. The van der Waals surface area contributed by atoms with Crippen LogP contribution < -0.4 is 16.0 Å². The molecular weight excluding hydrogens is 478 g/mol. The number of carbonyl (C=O) groups excluding carboxylic acids is 2. The lowest BCUT2D eigenvalue weighted by Gasteiger charge is -2.58. The van der Waals surface area contributed by atoms with Gasteiger partial charge in [0.1, 0.15) is 5.82 Å². The highest BCUT2D eigenvalue weighted by molar-refractivity contribution is 7.90. The molecule has 4 aliphatic carbocycles. The maximum absolute atomic E-state index is 13.5. The molecule has 10 heteroatoms. The van der Waals surface area contributed by atoms with E-state index in [0.29, 0.717) is 18.2 Å². The molecule has 4 bridgehead atoms. The topological polar surface area (TPSA) is 127 Å². The van der Waals surface area contributed by atoms with Gasteiger partial charge in [0.15, 0.2) is 15.5 Å². The van der Waals surface area contributed by atoms with E-state index in [0.717, 1.165) is 61.2 Å². The van der Waals surface area contributed by atoms with Crippen molar-refractivity contribution >= 4 is 33.2 Å². The molecule has 2 unspecified atom stereocenters. The highest BCUT2D eigenvalue weighted by Crippen LogP contribution is 2.60. The number of amides is 2. The minimum absolute atomic E-state index is 0.0382. The minimum Gasteiger partial charge on any atom is -0.369 e. The summed E-state index contributed by atoms with van der Waals surface area (Å²) in [5.74, 6) is 1.50. The Hall–Kier alpha value is -2.88. The second-order valence-electron chi connectivity index (χ2n) is 11.5. The minimum atomic E-state index is -3.34. The number of fused-ring (bicyclic) bond motifs is 1. The molecule has 4 fully saturated rings. The van der Waals surface area contributed by atoms with E-state index in [1.54, 1.807) is 16.8 Å². The highest BCUT2D eigenvalue weighted by Gasteiger charge is 2.58. The van der Waals surface area contributed by atoms with E-state index in [-0.39, 0.29) is 40.0 Å². The van der Waals surface area contributed by atoms with Gasteiger partial charge in [-0.05, 0) is 80.9 Å². The number of carbonyl (C=O) groups is 2. The van der Waals surface area contributed by atoms with Crippen LogP contribution in [-0.4, -0.2) is 48.9 Å². The summed E-state index contributed by atoms with van der Waals surface area (Å²) in [6, 6.07) is 5.28. The largest absolute Gasteiger partial charge is 0.369 e. The lowest BCUT2D eigenvalue weighted by atomic mass is 9.47. The number of sulfone groups is 1. The molecule has 2 heterocycles. The number of benzene rings is 1. The Morgan fingerprint density at radius 2 is 1.86 bits per heavy atom. The van der Waals surface area contributed by atoms with Crippen LogP contribution in [0.2, 0.25) is 0 Å². The van der Waals surface area contributed by atoms with Crippen molar-refractivity contribution in [1.29, 1.82) is 0 Å². The zero-order chi connectivity index (χ0) is 25.6. The van der Waals surface area contributed by atoms with E-state index < -0.39 is 9.84 Å². The summed E-state index contributed by atoms with van der Waals surface area (Å²) in [6.07, 6.45) is 6.50. The third-order valence-electron chi connectivity index (χ3n) is 9.19. The molecule has 2 amide bonds. The van der Waals surface area contributed by atoms with E-state index in [1.165, 1.54) is 6.26 Å². The van der Waals surface area contributed by atoms with Gasteiger partial charge in [-0.2, -0.15) is 5.10 Å². The van der Waals surface area contributed by atoms with Gasteiger partial charge in [-0.1, -0.05) is 6.07 Å². The molecular formula is C26H33N5O4S. The van der Waals surface area contributed by atoms with Crippen LogP contribution in [-0.2, 0) is 28.1 Å². The number of primary amides is 1. The standard InChI is InChI=1S/C26H33N5O4S/c1-14-21(23(32)28-22-17-8-15-9-18(22)13-26(11-15,12-17)25(27)33)29-30(2)24(14)31-7-6-16-4-5-19(10-20(16)31)36(3,34)35/h4-5,10,15,17-18,22H,6-9,11-13H2,1-3H3,(H2,27,33)(H,28,32). The molecule has 0 radical (unpaired) electrons. The molecule has 9 nitrogen and oxygen atoms in total. The fraction of sp³-hybridized carbons (Fsp3) is 0.577. The number of anilines is 2. The smallest absolute Gasteiger partial charge is 0.272 e. The molecule has 36 heavy (non-hydrogen) atoms. The van der Waals surface area contributed by atoms with E-state index >= 15 is 0 Å². The first-order valence-electron chi connectivity index (χ1n) is 12.7. The van der Waals surface area contributed by atoms with E-state index in [1.807, 2.05) is 20.0 Å². The first kappa shape index (κ1) is 23.5. The predicted octanol–water partition coefficient (Wildman–Crippen LogP) is 2.24. The maximum Gasteiger partial charge on any atom is 0.272 e. The van der Waals surface area contributed by atoms with Crippen LogP contribution in [0.4, 0.5) is 11.5 Å². The number of nitrogens with one attached hydrogen (secondary N) is 1. The molecule has 192 valence electrons. The number of nitrogens with zero attached hydrogens (tertiary/aromatic N) is 3. The summed E-state index contributed by atoms with van der Waals surface area (Å²) in [4.78, 5) is 28.1. The van der Waals surface area contributed by atoms with Crippen LogP contribution in [0.25, 0.3) is 0 Å². The first-order valence-corrected chi connectivity index (χ1v) is 14.6. The van der Waals surface area contributed by atoms with E-state index in [4.69, 9.17) is 5.73 Å². The summed E-state index contributed by atoms with van der Waals surface area (Å²) in [6.45, 7) is 2.59. The van der Waals surface area contributed by atoms with Crippen molar-refractivity contribution in [3.8, 4) is 0 Å². The molecule has 0 saturated heterocycles. The molecule has 7 rings (SSSR count). The molecule has 5 aliphatic rings. The summed E-state index contributed by atoms with van der Waals surface area (Å²) >= 11 is 0. The Bertz CT molecular complexity index is 1380. The predicted molar refractivity (Wildman–Crippen MR) is 135 cm³/mol. The molecule has 1 aromatic carbocycles. The lowest BCUT2D eigenvalue weighted by Crippen LogP contribution is -2.62. The Labute approximate surface area is 211 Å². The van der Waals surface area contributed by atoms with Gasteiger partial charge in [0.25, 0.3) is 5.91 Å². The number of nitrogens with two attached hydrogens (primary N) is 1. The van der Waals surface area contributed by atoms with Crippen LogP contribution in [0.1, 0.15) is 53.7 Å². The van der Waals surface area contributed by atoms with Crippen molar-refractivity contribution in [2.75, 3.05) is 17.7 Å². The quantitative estimate of drug-likeness (QED) is 0.634. The van der Waals surface area contributed by atoms with Crippen LogP contribution in [0.15, 0.2) is 23.1 Å². The molecule has 2 aromatic rings. The number of hydrogen-bond donors (Lipinski definition) is 2. The molecule has 3 N–H and O–H groups in total. The zero-order valence-corrected chi connectivity index (χ0v) is 21.8. The summed E-state index contributed by atoms with van der Waals surface area (Å²) in [7, 11) is -1.52. The van der Waals surface area contributed by atoms with Crippen molar-refractivity contribution < 1.29 is 18.0 Å². The molecule has 1 aromatic heterocycles. The average molecular weight is 512 g/mol. The van der Waals surface area contributed by atoms with Gasteiger partial charge >= 0.3 is 0 Å². The van der Waals surface area contributed by atoms with Crippen LogP contribution in [0.3, 0.4) is 0 Å². The van der Waals surface area contributed by atoms with E-state index in [9.17, 15) is 18.0 Å². The monoisotopic (exact) mass is 511 g/mol. The van der Waals surface area contributed by atoms with Gasteiger partial charge in [0, 0.05) is 42.6 Å². The van der Waals surface area contributed by atoms with Crippen LogP contribution >= 0.6 is 0 Å². The van der Waals surface area contributed by atoms with Gasteiger partial charge in [-0.3, -0.25) is 14.3 Å². The third-order valence-corrected chi connectivity index (χ3v) is 10.3. The molecule has 2 atom stereocenters. The molecule has 0 spiro atoms. The Balaban J connectivity index is 1.27. The van der Waals surface area contributed by atoms with Gasteiger partial charge < -0.3 is 16.0 Å². The SMILES string of the molecule is Cc1c(C(=O)NC2C3CC4CC2CC(C(N)=O)(C4)C3)nn(C)c1N1CCc2ccc(S(C)(=O)=O)cc21. The van der Waals surface area contributed by atoms with Gasteiger partial charge in [-0.25, -0.2) is 8.42 Å². The second kappa shape index (κ2) is 7.81. The zero-order valence-electron chi connectivity index (χ0n) is 21.0. The second-order valence-corrected chi connectivity index (χ2v) is 13.5. The Morgan fingerprint density at radius 3 is 2.50 bits per heavy atom. The van der Waals surface area contributed by atoms with Crippen molar-refractivity contribution in [1.82, 2.24) is 15.1 Å². The van der Waals surface area contributed by atoms with Crippen LogP contribution in [0.5, 0.6) is 0 Å². The average Bonchev–Trinajstić information content (AvgIpc) is 3.34. The van der Waals surface area contributed by atoms with Gasteiger partial charge in [-0.15, -0.1) is 0 Å². The van der Waals surface area contributed by atoms with Crippen molar-refractivity contribution in [2.24, 2.45) is 36.0 Å². The third kappa shape index (κ3) is 3.48. The van der Waals surface area contributed by atoms with Gasteiger partial charge in [0.2, 0.25) is 5.91 Å². The molecule has 1 aliphatic heterocycles.